The Hall–Kier alpha value is -3.91. The molecular formula is C35H48N4O4. The number of aromatic nitrogens is 2. The summed E-state index contributed by atoms with van der Waals surface area (Å²) < 4.78 is 16.6. The smallest absolute Gasteiger partial charge is 0.407 e. The van der Waals surface area contributed by atoms with Crippen LogP contribution in [0.1, 0.15) is 72.1 Å². The molecule has 8 nitrogen and oxygen atoms in total. The van der Waals surface area contributed by atoms with Crippen molar-refractivity contribution in [2.75, 3.05) is 26.3 Å². The molecule has 0 saturated heterocycles. The lowest BCUT2D eigenvalue weighted by molar-refractivity contribution is 0.0527. The van der Waals surface area contributed by atoms with Crippen molar-refractivity contribution in [1.82, 2.24) is 15.3 Å². The summed E-state index contributed by atoms with van der Waals surface area (Å²) in [5.74, 6) is 1.39. The number of fused-ring (bicyclic) bond motifs is 2. The monoisotopic (exact) mass is 588 g/mol. The summed E-state index contributed by atoms with van der Waals surface area (Å²) in [6, 6.07) is 24.0. The fourth-order valence-corrected chi connectivity index (χ4v) is 4.29. The third kappa shape index (κ3) is 13.7. The first-order valence-electron chi connectivity index (χ1n) is 15.5. The number of nitrogens with two attached hydrogens (primary N) is 1. The molecule has 2 heterocycles. The van der Waals surface area contributed by atoms with E-state index in [0.29, 0.717) is 24.9 Å². The van der Waals surface area contributed by atoms with Crippen LogP contribution in [0.5, 0.6) is 11.8 Å². The first-order valence-corrected chi connectivity index (χ1v) is 15.5. The zero-order valence-corrected chi connectivity index (χ0v) is 26.0. The maximum atomic E-state index is 11.5. The second-order valence-electron chi connectivity index (χ2n) is 11.4. The molecule has 0 aliphatic carbocycles. The summed E-state index contributed by atoms with van der Waals surface area (Å²) in [5, 5.41) is 5.03. The lowest BCUT2D eigenvalue weighted by Crippen LogP contribution is -2.32. The third-order valence-electron chi connectivity index (χ3n) is 6.48. The van der Waals surface area contributed by atoms with Crippen molar-refractivity contribution in [3.05, 3.63) is 72.8 Å². The van der Waals surface area contributed by atoms with Gasteiger partial charge in [-0.1, -0.05) is 62.1 Å². The lowest BCUT2D eigenvalue weighted by atomic mass is 10.2. The molecule has 3 N–H and O–H groups in total. The van der Waals surface area contributed by atoms with E-state index in [9.17, 15) is 4.79 Å². The Morgan fingerprint density at radius 2 is 1.16 bits per heavy atom. The number of nitrogens with one attached hydrogen (secondary N) is 1. The molecule has 4 aromatic rings. The highest BCUT2D eigenvalue weighted by Crippen LogP contribution is 2.17. The molecule has 0 aliphatic rings. The number of carbonyl (C=O) groups excluding carboxylic acids is 1. The Bertz CT molecular complexity index is 1370. The molecule has 0 radical (unpaired) electrons. The predicted molar refractivity (Wildman–Crippen MR) is 175 cm³/mol. The standard InChI is InChI=1S/C20H28N2O3.C15H20N2O/c1-20(2,3)25-19(23)21-14-8-4-5-9-15-24-18-13-12-16-10-6-7-11-17(16)22-18;16-11-5-1-2-6-12-18-15-10-9-13-7-3-4-8-14(13)17-15/h6-7,10-13H,4-5,8-9,14-15H2,1-3H3,(H,21,23);3-4,7-10H,1-2,5-6,11-12,16H2. The molecule has 8 heteroatoms. The highest BCUT2D eigenvalue weighted by molar-refractivity contribution is 5.79. The minimum absolute atomic E-state index is 0.349. The molecule has 232 valence electrons. The molecule has 2 aromatic heterocycles. The van der Waals surface area contributed by atoms with Crippen molar-refractivity contribution < 1.29 is 19.0 Å². The summed E-state index contributed by atoms with van der Waals surface area (Å²) in [5.41, 5.74) is 6.94. The molecule has 2 aromatic carbocycles. The van der Waals surface area contributed by atoms with E-state index in [-0.39, 0.29) is 6.09 Å². The second kappa shape index (κ2) is 18.6. The minimum Gasteiger partial charge on any atom is -0.478 e. The van der Waals surface area contributed by atoms with Gasteiger partial charge in [-0.25, -0.2) is 14.8 Å². The average Bonchev–Trinajstić information content (AvgIpc) is 2.99. The SMILES string of the molecule is CC(C)(C)OC(=O)NCCCCCCOc1ccc2ccccc2n1.NCCCCCCOc1ccc2ccccc2n1. The van der Waals surface area contributed by atoms with Gasteiger partial charge in [0.15, 0.2) is 0 Å². The van der Waals surface area contributed by atoms with E-state index in [1.165, 1.54) is 12.8 Å². The van der Waals surface area contributed by atoms with Gasteiger partial charge in [0, 0.05) is 29.4 Å². The van der Waals surface area contributed by atoms with Crippen LogP contribution in [-0.4, -0.2) is 48.0 Å². The van der Waals surface area contributed by atoms with Crippen molar-refractivity contribution >= 4 is 27.9 Å². The van der Waals surface area contributed by atoms with Crippen LogP contribution in [0.3, 0.4) is 0 Å². The maximum Gasteiger partial charge on any atom is 0.407 e. The summed E-state index contributed by atoms with van der Waals surface area (Å²) >= 11 is 0. The van der Waals surface area contributed by atoms with Crippen molar-refractivity contribution in [2.45, 2.75) is 77.7 Å². The van der Waals surface area contributed by atoms with Gasteiger partial charge in [0.1, 0.15) is 5.60 Å². The summed E-state index contributed by atoms with van der Waals surface area (Å²) in [4.78, 5) is 20.4. The number of hydrogen-bond acceptors (Lipinski definition) is 7. The summed E-state index contributed by atoms with van der Waals surface area (Å²) in [6.07, 6.45) is 8.19. The number of benzene rings is 2. The van der Waals surface area contributed by atoms with Crippen LogP contribution >= 0.6 is 0 Å². The summed E-state index contributed by atoms with van der Waals surface area (Å²) in [7, 11) is 0. The van der Waals surface area contributed by atoms with Gasteiger partial charge in [-0.05, 0) is 77.3 Å². The van der Waals surface area contributed by atoms with E-state index in [4.69, 9.17) is 19.9 Å². The number of unbranched alkanes of at least 4 members (excludes halogenated alkanes) is 6. The highest BCUT2D eigenvalue weighted by Gasteiger charge is 2.15. The van der Waals surface area contributed by atoms with E-state index < -0.39 is 5.60 Å². The molecule has 0 bridgehead atoms. The van der Waals surface area contributed by atoms with Gasteiger partial charge in [0.2, 0.25) is 11.8 Å². The number of ether oxygens (including phenoxy) is 3. The first-order chi connectivity index (χ1) is 20.8. The Morgan fingerprint density at radius 1 is 0.674 bits per heavy atom. The lowest BCUT2D eigenvalue weighted by Gasteiger charge is -2.19. The van der Waals surface area contributed by atoms with Gasteiger partial charge >= 0.3 is 6.09 Å². The number of nitrogens with zero attached hydrogens (tertiary/aromatic N) is 2. The van der Waals surface area contributed by atoms with Crippen molar-refractivity contribution in [1.29, 1.82) is 0 Å². The Morgan fingerprint density at radius 3 is 1.67 bits per heavy atom. The number of pyridine rings is 2. The van der Waals surface area contributed by atoms with Gasteiger partial charge in [-0.2, -0.15) is 0 Å². The van der Waals surface area contributed by atoms with Gasteiger partial charge in [-0.3, -0.25) is 0 Å². The number of rotatable bonds is 15. The van der Waals surface area contributed by atoms with Crippen LogP contribution in [0, 0.1) is 0 Å². The average molecular weight is 589 g/mol. The molecule has 0 aliphatic heterocycles. The van der Waals surface area contributed by atoms with Crippen LogP contribution in [0.4, 0.5) is 4.79 Å². The molecule has 0 atom stereocenters. The molecule has 0 saturated carbocycles. The van der Waals surface area contributed by atoms with Crippen molar-refractivity contribution in [3.63, 3.8) is 0 Å². The third-order valence-corrected chi connectivity index (χ3v) is 6.48. The predicted octanol–water partition coefficient (Wildman–Crippen LogP) is 7.83. The molecule has 1 amide bonds. The van der Waals surface area contributed by atoms with E-state index in [2.05, 4.69) is 21.4 Å². The Balaban J connectivity index is 0.000000248. The topological polar surface area (TPSA) is 109 Å². The Labute approximate surface area is 256 Å². The van der Waals surface area contributed by atoms with Gasteiger partial charge in [0.05, 0.1) is 24.2 Å². The maximum absolute atomic E-state index is 11.5. The van der Waals surface area contributed by atoms with E-state index >= 15 is 0 Å². The van der Waals surface area contributed by atoms with Crippen LogP contribution in [-0.2, 0) is 4.74 Å². The van der Waals surface area contributed by atoms with E-state index in [0.717, 1.165) is 73.5 Å². The van der Waals surface area contributed by atoms with Crippen LogP contribution in [0.2, 0.25) is 0 Å². The normalized spacial score (nSPS) is 11.1. The molecule has 0 spiro atoms. The molecule has 43 heavy (non-hydrogen) atoms. The molecule has 4 rings (SSSR count). The highest BCUT2D eigenvalue weighted by atomic mass is 16.6. The number of carbonyl (C=O) groups is 1. The van der Waals surface area contributed by atoms with Crippen LogP contribution in [0.25, 0.3) is 21.8 Å². The number of hydrogen-bond donors (Lipinski definition) is 2. The quantitative estimate of drug-likeness (QED) is 0.136. The fourth-order valence-electron chi connectivity index (χ4n) is 4.29. The number of para-hydroxylation sites is 2. The van der Waals surface area contributed by atoms with Gasteiger partial charge in [-0.15, -0.1) is 0 Å². The first kappa shape index (κ1) is 33.6. The minimum atomic E-state index is -0.446. The van der Waals surface area contributed by atoms with Gasteiger partial charge < -0.3 is 25.3 Å². The van der Waals surface area contributed by atoms with Crippen LogP contribution < -0.4 is 20.5 Å². The largest absolute Gasteiger partial charge is 0.478 e. The second-order valence-corrected chi connectivity index (χ2v) is 11.4. The van der Waals surface area contributed by atoms with E-state index in [1.807, 2.05) is 87.5 Å². The van der Waals surface area contributed by atoms with E-state index in [1.54, 1.807) is 0 Å². The van der Waals surface area contributed by atoms with Crippen LogP contribution in [0.15, 0.2) is 72.8 Å². The zero-order chi connectivity index (χ0) is 30.8. The molecule has 0 fully saturated rings. The summed E-state index contributed by atoms with van der Waals surface area (Å²) in [6.45, 7) is 8.39. The molecule has 0 unspecified atom stereocenters. The van der Waals surface area contributed by atoms with Crippen molar-refractivity contribution in [3.8, 4) is 11.8 Å². The fraction of sp³-hybridized carbons (Fsp3) is 0.457. The van der Waals surface area contributed by atoms with Gasteiger partial charge in [0.25, 0.3) is 0 Å². The zero-order valence-electron chi connectivity index (χ0n) is 26.0. The van der Waals surface area contributed by atoms with Crippen molar-refractivity contribution in [2.24, 2.45) is 5.73 Å². The molecular weight excluding hydrogens is 540 g/mol. The number of amides is 1. The number of alkyl carbamates (subject to hydrolysis) is 1. The Kier molecular flexibility index (Phi) is 14.5.